The van der Waals surface area contributed by atoms with Crippen LogP contribution in [0.3, 0.4) is 0 Å². The molecule has 0 aliphatic carbocycles. The van der Waals surface area contributed by atoms with Gasteiger partial charge in [0.25, 0.3) is 0 Å². The smallest absolute Gasteiger partial charge is 0.248 e. The number of hydrogen-bond donors (Lipinski definition) is 1. The van der Waals surface area contributed by atoms with E-state index in [1.54, 1.807) is 0 Å². The average Bonchev–Trinajstić information content (AvgIpc) is 1.92. The molecule has 12 heavy (non-hydrogen) atoms. The van der Waals surface area contributed by atoms with E-state index < -0.39 is 11.7 Å². The zero-order valence-electron chi connectivity index (χ0n) is 5.56. The molecule has 1 rings (SSSR count). The number of rotatable bonds is 0. The van der Waals surface area contributed by atoms with Gasteiger partial charge in [0.1, 0.15) is 4.60 Å². The fourth-order valence-corrected chi connectivity index (χ4v) is 1.26. The van der Waals surface area contributed by atoms with Gasteiger partial charge in [0.05, 0.1) is 5.56 Å². The van der Waals surface area contributed by atoms with Crippen LogP contribution in [0.5, 0.6) is 0 Å². The van der Waals surface area contributed by atoms with Gasteiger partial charge in [-0.15, -0.1) is 12.6 Å². The number of pyridine rings is 1. The zero-order valence-corrected chi connectivity index (χ0v) is 8.04. The summed E-state index contributed by atoms with van der Waals surface area (Å²) in [6, 6.07) is 0.917. The minimum atomic E-state index is -4.38. The third-order valence-corrected chi connectivity index (χ3v) is 2.01. The maximum absolute atomic E-state index is 12.1. The Labute approximate surface area is 80.5 Å². The highest BCUT2D eigenvalue weighted by molar-refractivity contribution is 9.10. The van der Waals surface area contributed by atoms with Crippen LogP contribution < -0.4 is 0 Å². The van der Waals surface area contributed by atoms with Crippen molar-refractivity contribution in [3.8, 4) is 0 Å². The second-order valence-electron chi connectivity index (χ2n) is 2.03. The highest BCUT2D eigenvalue weighted by atomic mass is 79.9. The van der Waals surface area contributed by atoms with E-state index in [0.717, 1.165) is 6.07 Å². The molecule has 1 nitrogen and oxygen atoms in total. The average molecular weight is 258 g/mol. The van der Waals surface area contributed by atoms with Crippen LogP contribution in [-0.2, 0) is 6.18 Å². The fourth-order valence-electron chi connectivity index (χ4n) is 0.636. The molecule has 0 atom stereocenters. The molecule has 0 aliphatic rings. The van der Waals surface area contributed by atoms with E-state index in [-0.39, 0.29) is 9.50 Å². The molecule has 66 valence electrons. The van der Waals surface area contributed by atoms with E-state index in [1.807, 2.05) is 0 Å². The topological polar surface area (TPSA) is 12.9 Å². The first-order valence-electron chi connectivity index (χ1n) is 2.83. The van der Waals surface area contributed by atoms with Crippen molar-refractivity contribution < 1.29 is 13.2 Å². The van der Waals surface area contributed by atoms with Crippen molar-refractivity contribution in [2.75, 3.05) is 0 Å². The van der Waals surface area contributed by atoms with Gasteiger partial charge in [0.15, 0.2) is 0 Å². The lowest BCUT2D eigenvalue weighted by molar-refractivity contribution is -0.138. The van der Waals surface area contributed by atoms with Crippen LogP contribution in [-0.4, -0.2) is 4.98 Å². The Morgan fingerprint density at radius 1 is 1.42 bits per heavy atom. The van der Waals surface area contributed by atoms with E-state index in [1.165, 1.54) is 6.20 Å². The second-order valence-corrected chi connectivity index (χ2v) is 3.30. The first-order chi connectivity index (χ1) is 5.41. The Morgan fingerprint density at radius 2 is 2.00 bits per heavy atom. The molecule has 0 N–H and O–H groups in total. The first-order valence-corrected chi connectivity index (χ1v) is 4.07. The van der Waals surface area contributed by atoms with Gasteiger partial charge in [-0.25, -0.2) is 4.98 Å². The molecule has 0 aromatic carbocycles. The molecule has 0 aliphatic heterocycles. The number of halogens is 4. The minimum Gasteiger partial charge on any atom is -0.248 e. The zero-order chi connectivity index (χ0) is 9.35. The predicted octanol–water partition coefficient (Wildman–Crippen LogP) is 3.15. The Morgan fingerprint density at radius 3 is 2.42 bits per heavy atom. The first kappa shape index (κ1) is 9.85. The van der Waals surface area contributed by atoms with E-state index >= 15 is 0 Å². The van der Waals surface area contributed by atoms with Crippen LogP contribution in [0.4, 0.5) is 13.2 Å². The molecule has 1 aromatic rings. The van der Waals surface area contributed by atoms with Crippen molar-refractivity contribution in [2.45, 2.75) is 11.1 Å². The van der Waals surface area contributed by atoms with E-state index in [2.05, 4.69) is 33.5 Å². The molecular weight excluding hydrogens is 255 g/mol. The lowest BCUT2D eigenvalue weighted by Gasteiger charge is -2.07. The lowest BCUT2D eigenvalue weighted by Crippen LogP contribution is -2.06. The predicted molar refractivity (Wildman–Crippen MR) is 44.2 cm³/mol. The maximum atomic E-state index is 12.1. The molecule has 0 radical (unpaired) electrons. The summed E-state index contributed by atoms with van der Waals surface area (Å²) >= 11 is 6.45. The molecule has 1 heterocycles. The van der Waals surface area contributed by atoms with E-state index in [0.29, 0.717) is 0 Å². The molecule has 0 unspecified atom stereocenters. The van der Waals surface area contributed by atoms with Gasteiger partial charge in [-0.1, -0.05) is 0 Å². The quantitative estimate of drug-likeness (QED) is 0.557. The third-order valence-electron chi connectivity index (χ3n) is 1.13. The van der Waals surface area contributed by atoms with Crippen LogP contribution >= 0.6 is 28.6 Å². The summed E-state index contributed by atoms with van der Waals surface area (Å²) in [7, 11) is 0. The van der Waals surface area contributed by atoms with Gasteiger partial charge >= 0.3 is 6.18 Å². The SMILES string of the molecule is FC(F)(F)c1cc(S)cnc1Br. The molecule has 0 saturated carbocycles. The molecule has 0 fully saturated rings. The van der Waals surface area contributed by atoms with Crippen molar-refractivity contribution >= 4 is 28.6 Å². The molecule has 0 bridgehead atoms. The monoisotopic (exact) mass is 257 g/mol. The van der Waals surface area contributed by atoms with Crippen LogP contribution in [0.1, 0.15) is 5.56 Å². The Kier molecular flexibility index (Phi) is 2.67. The number of nitrogens with zero attached hydrogens (tertiary/aromatic N) is 1. The van der Waals surface area contributed by atoms with Crippen LogP contribution in [0, 0.1) is 0 Å². The van der Waals surface area contributed by atoms with Crippen molar-refractivity contribution in [2.24, 2.45) is 0 Å². The maximum Gasteiger partial charge on any atom is 0.419 e. The summed E-state index contributed by atoms with van der Waals surface area (Å²) in [5.74, 6) is 0. The van der Waals surface area contributed by atoms with Gasteiger partial charge < -0.3 is 0 Å². The summed E-state index contributed by atoms with van der Waals surface area (Å²) < 4.78 is 36.2. The van der Waals surface area contributed by atoms with Crippen LogP contribution in [0.25, 0.3) is 0 Å². The summed E-state index contributed by atoms with van der Waals surface area (Å²) in [5, 5.41) is 0. The van der Waals surface area contributed by atoms with Crippen molar-refractivity contribution in [1.29, 1.82) is 0 Å². The largest absolute Gasteiger partial charge is 0.419 e. The minimum absolute atomic E-state index is 0.186. The number of alkyl halides is 3. The summed E-state index contributed by atoms with van der Waals surface area (Å²) in [4.78, 5) is 3.65. The van der Waals surface area contributed by atoms with E-state index in [9.17, 15) is 13.2 Å². The molecule has 0 saturated heterocycles. The summed E-state index contributed by atoms with van der Waals surface area (Å²) in [6.45, 7) is 0. The highest BCUT2D eigenvalue weighted by Gasteiger charge is 2.33. The van der Waals surface area contributed by atoms with Crippen LogP contribution in [0.2, 0.25) is 0 Å². The summed E-state index contributed by atoms with van der Waals surface area (Å²) in [6.07, 6.45) is -3.15. The van der Waals surface area contributed by atoms with Gasteiger partial charge in [-0.2, -0.15) is 13.2 Å². The Bertz CT molecular complexity index is 299. The molecule has 0 spiro atoms. The van der Waals surface area contributed by atoms with Crippen molar-refractivity contribution in [3.63, 3.8) is 0 Å². The van der Waals surface area contributed by atoms with Gasteiger partial charge in [-0.3, -0.25) is 0 Å². The fraction of sp³-hybridized carbons (Fsp3) is 0.167. The van der Waals surface area contributed by atoms with Gasteiger partial charge in [0, 0.05) is 11.1 Å². The molecular formula is C6H3BrF3NS. The lowest BCUT2D eigenvalue weighted by atomic mass is 10.3. The standard InChI is InChI=1S/C6H3BrF3NS/c7-5-4(6(8,9)10)1-3(12)2-11-5/h1-2,12H. The number of aromatic nitrogens is 1. The Balaban J connectivity index is 3.23. The summed E-state index contributed by atoms with van der Waals surface area (Å²) in [5.41, 5.74) is -0.810. The number of hydrogen-bond acceptors (Lipinski definition) is 2. The normalized spacial score (nSPS) is 11.8. The van der Waals surface area contributed by atoms with Crippen LogP contribution in [0.15, 0.2) is 21.8 Å². The van der Waals surface area contributed by atoms with Crippen molar-refractivity contribution in [1.82, 2.24) is 4.98 Å². The van der Waals surface area contributed by atoms with Gasteiger partial charge in [-0.05, 0) is 22.0 Å². The molecule has 0 amide bonds. The molecule has 1 aromatic heterocycles. The number of thiol groups is 1. The second kappa shape index (κ2) is 3.26. The van der Waals surface area contributed by atoms with Crippen molar-refractivity contribution in [3.05, 3.63) is 22.4 Å². The third kappa shape index (κ3) is 2.13. The van der Waals surface area contributed by atoms with Gasteiger partial charge in [0.2, 0.25) is 0 Å². The molecule has 6 heteroatoms. The Hall–Kier alpha value is -0.230. The van der Waals surface area contributed by atoms with E-state index in [4.69, 9.17) is 0 Å². The highest BCUT2D eigenvalue weighted by Crippen LogP contribution is 2.34.